The minimum atomic E-state index is 0.675. The average Bonchev–Trinajstić information content (AvgIpc) is 3.23. The van der Waals surface area contributed by atoms with Crippen LogP contribution in [0.5, 0.6) is 0 Å². The maximum absolute atomic E-state index is 5.32. The van der Waals surface area contributed by atoms with E-state index in [4.69, 9.17) is 4.74 Å². The standard InChI is InChI=1S/C21H22N4O/c1-16-19(17-8-4-3-5-9-17)14-18(24(16)12-13-26-2)15-25-21-11-7-6-10-20(21)22-23-25/h3-11,14H,12-13,15H2,1-2H3. The van der Waals surface area contributed by atoms with Crippen molar-refractivity contribution in [3.8, 4) is 11.1 Å². The smallest absolute Gasteiger partial charge is 0.113 e. The second-order valence-electron chi connectivity index (χ2n) is 6.38. The SMILES string of the molecule is COCCn1c(Cn2nnc3ccccc32)cc(-c2ccccc2)c1C. The van der Waals surface area contributed by atoms with Gasteiger partial charge in [0.1, 0.15) is 5.52 Å². The minimum Gasteiger partial charge on any atom is -0.383 e. The average molecular weight is 346 g/mol. The van der Waals surface area contributed by atoms with Crippen LogP contribution in [0.25, 0.3) is 22.2 Å². The van der Waals surface area contributed by atoms with Crippen molar-refractivity contribution in [3.63, 3.8) is 0 Å². The highest BCUT2D eigenvalue weighted by atomic mass is 16.5. The lowest BCUT2D eigenvalue weighted by atomic mass is 10.1. The molecular formula is C21H22N4O. The first-order valence-electron chi connectivity index (χ1n) is 8.79. The van der Waals surface area contributed by atoms with E-state index in [9.17, 15) is 0 Å². The van der Waals surface area contributed by atoms with E-state index in [0.717, 1.165) is 17.6 Å². The zero-order valence-electron chi connectivity index (χ0n) is 15.1. The van der Waals surface area contributed by atoms with Gasteiger partial charge >= 0.3 is 0 Å². The third-order valence-corrected chi connectivity index (χ3v) is 4.79. The van der Waals surface area contributed by atoms with E-state index in [1.54, 1.807) is 7.11 Å². The van der Waals surface area contributed by atoms with Crippen LogP contribution in [0.4, 0.5) is 0 Å². The van der Waals surface area contributed by atoms with Crippen LogP contribution in [0, 0.1) is 6.92 Å². The zero-order chi connectivity index (χ0) is 17.9. The van der Waals surface area contributed by atoms with Crippen molar-refractivity contribution in [1.29, 1.82) is 0 Å². The van der Waals surface area contributed by atoms with Crippen LogP contribution in [-0.2, 0) is 17.8 Å². The number of hydrogen-bond acceptors (Lipinski definition) is 3. The van der Waals surface area contributed by atoms with Gasteiger partial charge in [-0.1, -0.05) is 47.7 Å². The van der Waals surface area contributed by atoms with E-state index in [-0.39, 0.29) is 0 Å². The van der Waals surface area contributed by atoms with Gasteiger partial charge in [-0.2, -0.15) is 0 Å². The highest BCUT2D eigenvalue weighted by Crippen LogP contribution is 2.28. The molecule has 2 aromatic carbocycles. The lowest BCUT2D eigenvalue weighted by molar-refractivity contribution is 0.186. The van der Waals surface area contributed by atoms with E-state index in [1.165, 1.54) is 22.5 Å². The molecule has 4 rings (SSSR count). The maximum Gasteiger partial charge on any atom is 0.113 e. The summed E-state index contributed by atoms with van der Waals surface area (Å²) < 4.78 is 9.60. The van der Waals surface area contributed by atoms with Crippen LogP contribution in [-0.4, -0.2) is 33.3 Å². The van der Waals surface area contributed by atoms with Gasteiger partial charge in [-0.15, -0.1) is 5.10 Å². The van der Waals surface area contributed by atoms with Crippen LogP contribution in [0.3, 0.4) is 0 Å². The van der Waals surface area contributed by atoms with Crippen molar-refractivity contribution in [3.05, 3.63) is 72.1 Å². The largest absolute Gasteiger partial charge is 0.383 e. The Bertz CT molecular complexity index is 1020. The summed E-state index contributed by atoms with van der Waals surface area (Å²) in [6, 6.07) is 20.8. The van der Waals surface area contributed by atoms with Crippen molar-refractivity contribution < 1.29 is 4.74 Å². The number of rotatable bonds is 6. The summed E-state index contributed by atoms with van der Waals surface area (Å²) in [5, 5.41) is 8.62. The Morgan fingerprint density at radius 1 is 1.00 bits per heavy atom. The molecule has 0 aliphatic carbocycles. The van der Waals surface area contributed by atoms with Crippen molar-refractivity contribution in [2.75, 3.05) is 13.7 Å². The fourth-order valence-corrected chi connectivity index (χ4v) is 3.43. The Hall–Kier alpha value is -2.92. The maximum atomic E-state index is 5.32. The van der Waals surface area contributed by atoms with Crippen molar-refractivity contribution >= 4 is 11.0 Å². The molecule has 0 amide bonds. The van der Waals surface area contributed by atoms with E-state index in [0.29, 0.717) is 13.2 Å². The molecule has 2 heterocycles. The second kappa shape index (κ2) is 7.14. The number of nitrogens with zero attached hydrogens (tertiary/aromatic N) is 4. The van der Waals surface area contributed by atoms with Gasteiger partial charge in [-0.25, -0.2) is 4.68 Å². The van der Waals surface area contributed by atoms with Gasteiger partial charge in [0.15, 0.2) is 0 Å². The van der Waals surface area contributed by atoms with Gasteiger partial charge in [0.25, 0.3) is 0 Å². The predicted octanol–water partition coefficient (Wildman–Crippen LogP) is 3.90. The fourth-order valence-electron chi connectivity index (χ4n) is 3.43. The number of ether oxygens (including phenoxy) is 1. The van der Waals surface area contributed by atoms with E-state index >= 15 is 0 Å². The summed E-state index contributed by atoms with van der Waals surface area (Å²) in [7, 11) is 1.74. The third kappa shape index (κ3) is 3.02. The first-order chi connectivity index (χ1) is 12.8. The summed E-state index contributed by atoms with van der Waals surface area (Å²) in [4.78, 5) is 0. The topological polar surface area (TPSA) is 44.9 Å². The molecule has 0 bridgehead atoms. The van der Waals surface area contributed by atoms with Gasteiger partial charge in [-0.3, -0.25) is 0 Å². The van der Waals surface area contributed by atoms with E-state index < -0.39 is 0 Å². The molecule has 0 unspecified atom stereocenters. The van der Waals surface area contributed by atoms with Crippen LogP contribution in [0.1, 0.15) is 11.4 Å². The quantitative estimate of drug-likeness (QED) is 0.532. The summed E-state index contributed by atoms with van der Waals surface area (Å²) in [5.74, 6) is 0. The molecule has 0 atom stereocenters. The van der Waals surface area contributed by atoms with Gasteiger partial charge in [-0.05, 0) is 30.7 Å². The van der Waals surface area contributed by atoms with Gasteiger partial charge in [0, 0.05) is 30.6 Å². The van der Waals surface area contributed by atoms with Crippen LogP contribution in [0.15, 0.2) is 60.7 Å². The molecule has 4 aromatic rings. The third-order valence-electron chi connectivity index (χ3n) is 4.79. The summed E-state index contributed by atoms with van der Waals surface area (Å²) in [5.41, 5.74) is 6.89. The lowest BCUT2D eigenvalue weighted by Gasteiger charge is -2.12. The summed E-state index contributed by atoms with van der Waals surface area (Å²) in [6.45, 7) is 4.34. The monoisotopic (exact) mass is 346 g/mol. The van der Waals surface area contributed by atoms with E-state index in [1.807, 2.05) is 28.9 Å². The van der Waals surface area contributed by atoms with Crippen molar-refractivity contribution in [2.24, 2.45) is 0 Å². The predicted molar refractivity (Wildman–Crippen MR) is 103 cm³/mol. The molecule has 0 saturated carbocycles. The van der Waals surface area contributed by atoms with Crippen molar-refractivity contribution in [2.45, 2.75) is 20.0 Å². The molecule has 0 N–H and O–H groups in total. The molecule has 26 heavy (non-hydrogen) atoms. The van der Waals surface area contributed by atoms with Gasteiger partial charge < -0.3 is 9.30 Å². The molecular weight excluding hydrogens is 324 g/mol. The Labute approximate surface area is 152 Å². The first kappa shape index (κ1) is 16.5. The number of benzene rings is 2. The van der Waals surface area contributed by atoms with Crippen LogP contribution < -0.4 is 0 Å². The molecule has 0 radical (unpaired) electrons. The fraction of sp³-hybridized carbons (Fsp3) is 0.238. The number of fused-ring (bicyclic) bond motifs is 1. The van der Waals surface area contributed by atoms with Gasteiger partial charge in [0.05, 0.1) is 18.7 Å². The number of hydrogen-bond donors (Lipinski definition) is 0. The van der Waals surface area contributed by atoms with Crippen molar-refractivity contribution in [1.82, 2.24) is 19.6 Å². The number of aromatic nitrogens is 4. The Kier molecular flexibility index (Phi) is 4.54. The van der Waals surface area contributed by atoms with E-state index in [2.05, 4.69) is 58.2 Å². The molecule has 0 aliphatic heterocycles. The number of para-hydroxylation sites is 1. The highest BCUT2D eigenvalue weighted by molar-refractivity contribution is 5.74. The highest BCUT2D eigenvalue weighted by Gasteiger charge is 2.15. The number of methoxy groups -OCH3 is 1. The Balaban J connectivity index is 1.76. The summed E-state index contributed by atoms with van der Waals surface area (Å²) >= 11 is 0. The van der Waals surface area contributed by atoms with Gasteiger partial charge in [0.2, 0.25) is 0 Å². The summed E-state index contributed by atoms with van der Waals surface area (Å²) in [6.07, 6.45) is 0. The molecule has 2 aromatic heterocycles. The normalized spacial score (nSPS) is 11.3. The Morgan fingerprint density at radius 2 is 1.77 bits per heavy atom. The molecule has 5 nitrogen and oxygen atoms in total. The Morgan fingerprint density at radius 3 is 2.58 bits per heavy atom. The molecule has 0 saturated heterocycles. The van der Waals surface area contributed by atoms with Crippen LogP contribution >= 0.6 is 0 Å². The lowest BCUT2D eigenvalue weighted by Crippen LogP contribution is -2.12. The molecule has 0 spiro atoms. The first-order valence-corrected chi connectivity index (χ1v) is 8.79. The molecule has 0 aliphatic rings. The minimum absolute atomic E-state index is 0.675. The molecule has 132 valence electrons. The molecule has 0 fully saturated rings. The molecule has 5 heteroatoms. The zero-order valence-corrected chi connectivity index (χ0v) is 15.1. The second-order valence-corrected chi connectivity index (χ2v) is 6.38. The van der Waals surface area contributed by atoms with Crippen LogP contribution in [0.2, 0.25) is 0 Å².